The number of carbonyl (C=O) groups excluding carboxylic acids is 2. The van der Waals surface area contributed by atoms with Crippen LogP contribution in [0.4, 0.5) is 0 Å². The van der Waals surface area contributed by atoms with Crippen LogP contribution in [-0.4, -0.2) is 24.7 Å². The molecule has 0 aliphatic carbocycles. The molecule has 2 aromatic rings. The molecule has 0 bridgehead atoms. The van der Waals surface area contributed by atoms with Crippen LogP contribution < -0.4 is 15.3 Å². The fourth-order valence-electron chi connectivity index (χ4n) is 2.68. The third kappa shape index (κ3) is 5.42. The number of nitrogens with zero attached hydrogens (tertiary/aromatic N) is 1. The summed E-state index contributed by atoms with van der Waals surface area (Å²) >= 11 is 0. The first-order chi connectivity index (χ1) is 13.1. The zero-order chi connectivity index (χ0) is 20.9. The second kappa shape index (κ2) is 8.69. The number of carbonyl (C=O) groups is 2. The van der Waals surface area contributed by atoms with Gasteiger partial charge in [-0.25, -0.2) is 5.43 Å². The number of methoxy groups -OCH3 is 1. The molecule has 0 saturated heterocycles. The average Bonchev–Trinajstić information content (AvgIpc) is 2.64. The molecule has 6 heteroatoms. The summed E-state index contributed by atoms with van der Waals surface area (Å²) in [6.45, 7) is 8.06. The summed E-state index contributed by atoms with van der Waals surface area (Å²) in [6, 6.07) is 12.5. The molecule has 0 aliphatic rings. The Hall–Kier alpha value is -3.15. The summed E-state index contributed by atoms with van der Waals surface area (Å²) in [5.74, 6) is -1.05. The number of carboxylic acids is 1. The number of carboxylic acid groups (broad SMARTS) is 1. The monoisotopic (exact) mass is 381 g/mol. The van der Waals surface area contributed by atoms with Crippen LogP contribution in [0.3, 0.4) is 0 Å². The minimum Gasteiger partial charge on any atom is -0.550 e. The Bertz CT molecular complexity index is 894. The van der Waals surface area contributed by atoms with Gasteiger partial charge in [-0.2, -0.15) is 5.10 Å². The normalized spacial score (nSPS) is 11.8. The third-order valence-electron chi connectivity index (χ3n) is 4.37. The lowest BCUT2D eigenvalue weighted by Gasteiger charge is -2.18. The molecule has 0 atom stereocenters. The van der Waals surface area contributed by atoms with E-state index in [2.05, 4.69) is 31.3 Å². The van der Waals surface area contributed by atoms with Crippen molar-refractivity contribution in [1.82, 2.24) is 5.43 Å². The quantitative estimate of drug-likeness (QED) is 0.615. The molecule has 6 nitrogen and oxygen atoms in total. The highest BCUT2D eigenvalue weighted by Crippen LogP contribution is 2.22. The standard InChI is InChI=1S/C22H26N2O4/c1-14(16-8-11-19(28-5)17(12-16)13-20(25)26)23-24-21(27)15-6-9-18(10-7-15)22(2,3)4/h6-12H,13H2,1-5H3,(H,24,27)(H,25,26)/p-1/b23-14-. The van der Waals surface area contributed by atoms with Gasteiger partial charge in [0.05, 0.1) is 12.8 Å². The first-order valence-corrected chi connectivity index (χ1v) is 8.94. The summed E-state index contributed by atoms with van der Waals surface area (Å²) in [5, 5.41) is 15.1. The van der Waals surface area contributed by atoms with Crippen molar-refractivity contribution in [1.29, 1.82) is 0 Å². The van der Waals surface area contributed by atoms with Crippen LogP contribution in [0, 0.1) is 0 Å². The van der Waals surface area contributed by atoms with E-state index in [-0.39, 0.29) is 17.7 Å². The van der Waals surface area contributed by atoms with Gasteiger partial charge in [-0.3, -0.25) is 4.79 Å². The number of rotatable bonds is 6. The topological polar surface area (TPSA) is 90.8 Å². The summed E-state index contributed by atoms with van der Waals surface area (Å²) < 4.78 is 5.17. The summed E-state index contributed by atoms with van der Waals surface area (Å²) in [6.07, 6.45) is -0.267. The summed E-state index contributed by atoms with van der Waals surface area (Å²) in [4.78, 5) is 23.3. The highest BCUT2D eigenvalue weighted by molar-refractivity contribution is 6.01. The van der Waals surface area contributed by atoms with E-state index < -0.39 is 5.97 Å². The molecule has 148 valence electrons. The molecule has 1 N–H and O–H groups in total. The molecule has 0 unspecified atom stereocenters. The maximum absolute atomic E-state index is 12.3. The average molecular weight is 381 g/mol. The third-order valence-corrected chi connectivity index (χ3v) is 4.37. The van der Waals surface area contributed by atoms with Crippen molar-refractivity contribution < 1.29 is 19.4 Å². The molecule has 0 heterocycles. The van der Waals surface area contributed by atoms with E-state index in [0.717, 1.165) is 5.56 Å². The fourth-order valence-corrected chi connectivity index (χ4v) is 2.68. The Morgan fingerprint density at radius 3 is 2.21 bits per heavy atom. The van der Waals surface area contributed by atoms with Crippen molar-refractivity contribution in [3.63, 3.8) is 0 Å². The molecule has 0 saturated carbocycles. The smallest absolute Gasteiger partial charge is 0.271 e. The highest BCUT2D eigenvalue weighted by Gasteiger charge is 2.14. The number of nitrogens with one attached hydrogen (secondary N) is 1. The van der Waals surface area contributed by atoms with Gasteiger partial charge in [0.15, 0.2) is 0 Å². The van der Waals surface area contributed by atoms with E-state index in [4.69, 9.17) is 4.74 Å². The maximum atomic E-state index is 12.3. The number of aliphatic carboxylic acids is 1. The minimum atomic E-state index is -1.20. The van der Waals surface area contributed by atoms with Gasteiger partial charge < -0.3 is 14.6 Å². The first-order valence-electron chi connectivity index (χ1n) is 8.94. The predicted molar refractivity (Wildman–Crippen MR) is 107 cm³/mol. The number of benzene rings is 2. The van der Waals surface area contributed by atoms with Crippen LogP contribution in [0.5, 0.6) is 5.75 Å². The largest absolute Gasteiger partial charge is 0.550 e. The summed E-state index contributed by atoms with van der Waals surface area (Å²) in [7, 11) is 1.47. The van der Waals surface area contributed by atoms with E-state index >= 15 is 0 Å². The van der Waals surface area contributed by atoms with E-state index in [0.29, 0.717) is 28.2 Å². The zero-order valence-electron chi connectivity index (χ0n) is 16.8. The lowest BCUT2D eigenvalue weighted by Crippen LogP contribution is -2.24. The lowest BCUT2D eigenvalue weighted by molar-refractivity contribution is -0.304. The van der Waals surface area contributed by atoms with Crippen LogP contribution in [0.25, 0.3) is 0 Å². The van der Waals surface area contributed by atoms with Crippen molar-refractivity contribution in [2.75, 3.05) is 7.11 Å². The lowest BCUT2D eigenvalue weighted by atomic mass is 9.87. The molecular formula is C22H25N2O4-. The molecular weight excluding hydrogens is 356 g/mol. The molecule has 0 fully saturated rings. The van der Waals surface area contributed by atoms with Crippen molar-refractivity contribution in [3.05, 3.63) is 64.7 Å². The number of amides is 1. The van der Waals surface area contributed by atoms with Crippen molar-refractivity contribution in [3.8, 4) is 5.75 Å². The van der Waals surface area contributed by atoms with Crippen molar-refractivity contribution in [2.24, 2.45) is 5.10 Å². The van der Waals surface area contributed by atoms with Gasteiger partial charge in [0.1, 0.15) is 5.75 Å². The second-order valence-corrected chi connectivity index (χ2v) is 7.54. The van der Waals surface area contributed by atoms with Crippen LogP contribution in [-0.2, 0) is 16.6 Å². The molecule has 0 aromatic heterocycles. The number of hydrazone groups is 1. The molecule has 0 spiro atoms. The molecule has 2 rings (SSSR count). The van der Waals surface area contributed by atoms with Crippen LogP contribution in [0.2, 0.25) is 0 Å². The van der Waals surface area contributed by atoms with Gasteiger partial charge in [0.25, 0.3) is 5.91 Å². The molecule has 0 radical (unpaired) electrons. The van der Waals surface area contributed by atoms with Crippen LogP contribution in [0.15, 0.2) is 47.6 Å². The Balaban J connectivity index is 2.15. The summed E-state index contributed by atoms with van der Waals surface area (Å²) in [5.41, 5.74) is 5.91. The first kappa shape index (κ1) is 21.2. The molecule has 0 aliphatic heterocycles. The van der Waals surface area contributed by atoms with Crippen LogP contribution >= 0.6 is 0 Å². The van der Waals surface area contributed by atoms with E-state index in [9.17, 15) is 14.7 Å². The SMILES string of the molecule is COc1ccc(/C(C)=N\NC(=O)c2ccc(C(C)(C)C)cc2)cc1CC(=O)[O-]. The Kier molecular flexibility index (Phi) is 6.57. The highest BCUT2D eigenvalue weighted by atomic mass is 16.5. The Morgan fingerprint density at radius 2 is 1.68 bits per heavy atom. The van der Waals surface area contributed by atoms with E-state index in [1.165, 1.54) is 7.11 Å². The predicted octanol–water partition coefficient (Wildman–Crippen LogP) is 2.44. The van der Waals surface area contributed by atoms with Crippen molar-refractivity contribution in [2.45, 2.75) is 39.5 Å². The van der Waals surface area contributed by atoms with Gasteiger partial charge in [0.2, 0.25) is 0 Å². The van der Waals surface area contributed by atoms with E-state index in [1.807, 2.05) is 12.1 Å². The zero-order valence-corrected chi connectivity index (χ0v) is 16.8. The van der Waals surface area contributed by atoms with Gasteiger partial charge >= 0.3 is 0 Å². The Morgan fingerprint density at radius 1 is 1.07 bits per heavy atom. The Labute approximate surface area is 165 Å². The number of hydrogen-bond donors (Lipinski definition) is 1. The molecule has 28 heavy (non-hydrogen) atoms. The number of ether oxygens (including phenoxy) is 1. The van der Waals surface area contributed by atoms with Gasteiger partial charge in [-0.15, -0.1) is 0 Å². The minimum absolute atomic E-state index is 0.0152. The number of hydrogen-bond acceptors (Lipinski definition) is 5. The van der Waals surface area contributed by atoms with Gasteiger partial charge in [-0.05, 0) is 53.8 Å². The van der Waals surface area contributed by atoms with Crippen LogP contribution in [0.1, 0.15) is 54.7 Å². The van der Waals surface area contributed by atoms with Crippen molar-refractivity contribution >= 4 is 17.6 Å². The van der Waals surface area contributed by atoms with Gasteiger partial charge in [-0.1, -0.05) is 32.9 Å². The second-order valence-electron chi connectivity index (χ2n) is 7.54. The van der Waals surface area contributed by atoms with Gasteiger partial charge in [0, 0.05) is 23.5 Å². The molecule has 1 amide bonds. The van der Waals surface area contributed by atoms with E-state index in [1.54, 1.807) is 37.3 Å². The maximum Gasteiger partial charge on any atom is 0.271 e. The fraction of sp³-hybridized carbons (Fsp3) is 0.318. The molecule has 2 aromatic carbocycles.